The second kappa shape index (κ2) is 2.93. The van der Waals surface area contributed by atoms with Crippen molar-refractivity contribution in [3.63, 3.8) is 0 Å². The van der Waals surface area contributed by atoms with Gasteiger partial charge >= 0.3 is 0 Å². The minimum atomic E-state index is -0.338. The quantitative estimate of drug-likeness (QED) is 0.509. The van der Waals surface area contributed by atoms with E-state index in [1.54, 1.807) is 0 Å². The maximum Gasteiger partial charge on any atom is 0.111 e. The molecule has 0 nitrogen and oxygen atoms in total. The minimum absolute atomic E-state index is 0.133. The average molecular weight is 154 g/mol. The Hall–Kier alpha value is 0.580. The van der Waals surface area contributed by atoms with E-state index in [9.17, 15) is 0 Å². The van der Waals surface area contributed by atoms with E-state index in [4.69, 9.17) is 23.2 Å². The Morgan fingerprint density at radius 2 is 1.62 bits per heavy atom. The van der Waals surface area contributed by atoms with Gasteiger partial charge in [-0.25, -0.2) is 0 Å². The second-order valence-electron chi connectivity index (χ2n) is 2.87. The van der Waals surface area contributed by atoms with E-state index >= 15 is 0 Å². The van der Waals surface area contributed by atoms with Gasteiger partial charge in [0.1, 0.15) is 4.84 Å². The van der Waals surface area contributed by atoms with Gasteiger partial charge in [-0.2, -0.15) is 0 Å². The molecule has 0 bridgehead atoms. The predicted molar refractivity (Wildman–Crippen MR) is 39.2 cm³/mol. The van der Waals surface area contributed by atoms with Crippen LogP contribution >= 0.6 is 23.2 Å². The summed E-state index contributed by atoms with van der Waals surface area (Å²) in [7, 11) is 0. The summed E-state index contributed by atoms with van der Waals surface area (Å²) in [4.78, 5) is -0.338. The number of hydrogen-bond donors (Lipinski definition) is 0. The largest absolute Gasteiger partial charge is 0.111 e. The lowest BCUT2D eigenvalue weighted by Crippen LogP contribution is -2.09. The van der Waals surface area contributed by atoms with Crippen LogP contribution in [-0.4, -0.2) is 4.84 Å². The van der Waals surface area contributed by atoms with Gasteiger partial charge < -0.3 is 0 Å². The molecule has 0 atom stereocenters. The highest BCUT2D eigenvalue weighted by Crippen LogP contribution is 2.23. The van der Waals surface area contributed by atoms with Crippen molar-refractivity contribution in [1.82, 2.24) is 0 Å². The number of alkyl halides is 2. The molecule has 49 valence electrons. The van der Waals surface area contributed by atoms with Crippen molar-refractivity contribution in [2.75, 3.05) is 0 Å². The zero-order valence-electron chi connectivity index (χ0n) is 5.41. The molecule has 0 aliphatic carbocycles. The third kappa shape index (κ3) is 6.58. The van der Waals surface area contributed by atoms with Crippen LogP contribution in [0.2, 0.25) is 0 Å². The smallest absolute Gasteiger partial charge is 0.105 e. The first-order valence-electron chi connectivity index (χ1n) is 2.56. The van der Waals surface area contributed by atoms with Gasteiger partial charge in [0.2, 0.25) is 0 Å². The van der Waals surface area contributed by atoms with Gasteiger partial charge in [-0.05, 0) is 11.8 Å². The molecular formula is C6H11Cl2. The average Bonchev–Trinajstić information content (AvgIpc) is 1.21. The summed E-state index contributed by atoms with van der Waals surface area (Å²) in [6.07, 6.45) is 1.89. The highest BCUT2D eigenvalue weighted by molar-refractivity contribution is 6.45. The summed E-state index contributed by atoms with van der Waals surface area (Å²) in [6, 6.07) is 0. The van der Waals surface area contributed by atoms with E-state index in [0.717, 1.165) is 0 Å². The van der Waals surface area contributed by atoms with E-state index in [1.807, 2.05) is 6.42 Å². The highest BCUT2D eigenvalue weighted by Gasteiger charge is 2.14. The van der Waals surface area contributed by atoms with Gasteiger partial charge in [-0.1, -0.05) is 20.8 Å². The van der Waals surface area contributed by atoms with Crippen molar-refractivity contribution in [3.05, 3.63) is 6.42 Å². The third-order valence-electron chi connectivity index (χ3n) is 0.626. The molecule has 0 saturated heterocycles. The lowest BCUT2D eigenvalue weighted by atomic mass is 9.93. The van der Waals surface area contributed by atoms with Crippen molar-refractivity contribution in [2.45, 2.75) is 25.6 Å². The molecule has 0 unspecified atom stereocenters. The van der Waals surface area contributed by atoms with Crippen LogP contribution in [0.3, 0.4) is 0 Å². The van der Waals surface area contributed by atoms with Gasteiger partial charge in [-0.3, -0.25) is 0 Å². The molecule has 8 heavy (non-hydrogen) atoms. The molecule has 0 aromatic rings. The zero-order valence-corrected chi connectivity index (χ0v) is 6.92. The first-order chi connectivity index (χ1) is 3.42. The topological polar surface area (TPSA) is 0 Å². The van der Waals surface area contributed by atoms with E-state index in [2.05, 4.69) is 20.8 Å². The van der Waals surface area contributed by atoms with Crippen LogP contribution in [0.4, 0.5) is 0 Å². The Bertz CT molecular complexity index is 61.4. The monoisotopic (exact) mass is 153 g/mol. The molecule has 0 aromatic heterocycles. The number of hydrogen-bond acceptors (Lipinski definition) is 0. The van der Waals surface area contributed by atoms with Crippen LogP contribution in [0.5, 0.6) is 0 Å². The van der Waals surface area contributed by atoms with Crippen molar-refractivity contribution in [2.24, 2.45) is 5.41 Å². The fourth-order valence-electron chi connectivity index (χ4n) is 0.378. The Balaban J connectivity index is 3.39. The van der Waals surface area contributed by atoms with Gasteiger partial charge in [0.05, 0.1) is 0 Å². The van der Waals surface area contributed by atoms with E-state index < -0.39 is 0 Å². The maximum absolute atomic E-state index is 5.47. The van der Waals surface area contributed by atoms with Crippen LogP contribution in [0, 0.1) is 11.8 Å². The predicted octanol–water partition coefficient (Wildman–Crippen LogP) is 3.04. The van der Waals surface area contributed by atoms with Crippen LogP contribution in [0.15, 0.2) is 0 Å². The SMILES string of the molecule is CC(C)(C)[CH]C(Cl)Cl. The fraction of sp³-hybridized carbons (Fsp3) is 0.833. The summed E-state index contributed by atoms with van der Waals surface area (Å²) >= 11 is 10.9. The molecular weight excluding hydrogens is 143 g/mol. The normalized spacial score (nSPS) is 12.8. The van der Waals surface area contributed by atoms with Crippen molar-refractivity contribution >= 4 is 23.2 Å². The van der Waals surface area contributed by atoms with E-state index in [1.165, 1.54) is 0 Å². The molecule has 2 heteroatoms. The van der Waals surface area contributed by atoms with Gasteiger partial charge in [0, 0.05) is 0 Å². The first-order valence-corrected chi connectivity index (χ1v) is 3.43. The summed E-state index contributed by atoms with van der Waals surface area (Å²) in [5, 5.41) is 0. The summed E-state index contributed by atoms with van der Waals surface area (Å²) in [6.45, 7) is 6.18. The molecule has 0 rings (SSSR count). The van der Waals surface area contributed by atoms with Gasteiger partial charge in [-0.15, -0.1) is 23.2 Å². The zero-order chi connectivity index (χ0) is 6.78. The Morgan fingerprint density at radius 3 is 1.62 bits per heavy atom. The first kappa shape index (κ1) is 8.58. The second-order valence-corrected chi connectivity index (χ2v) is 4.03. The van der Waals surface area contributed by atoms with Crippen molar-refractivity contribution < 1.29 is 0 Å². The Labute approximate surface area is 61.2 Å². The lowest BCUT2D eigenvalue weighted by Gasteiger charge is -2.17. The molecule has 0 spiro atoms. The Morgan fingerprint density at radius 1 is 1.25 bits per heavy atom. The number of halogens is 2. The maximum atomic E-state index is 5.47. The summed E-state index contributed by atoms with van der Waals surface area (Å²) in [5.41, 5.74) is 0.133. The van der Waals surface area contributed by atoms with E-state index in [-0.39, 0.29) is 10.3 Å². The molecule has 0 aromatic carbocycles. The lowest BCUT2D eigenvalue weighted by molar-refractivity contribution is 0.492. The molecule has 0 aliphatic heterocycles. The van der Waals surface area contributed by atoms with Crippen molar-refractivity contribution in [1.29, 1.82) is 0 Å². The minimum Gasteiger partial charge on any atom is -0.105 e. The fourth-order valence-corrected chi connectivity index (χ4v) is 1.13. The van der Waals surface area contributed by atoms with E-state index in [0.29, 0.717) is 0 Å². The standard InChI is InChI=1S/C6H11Cl2/c1-6(2,3)4-5(7)8/h4-5H,1-3H3. The van der Waals surface area contributed by atoms with Gasteiger partial charge in [0.25, 0.3) is 0 Å². The van der Waals surface area contributed by atoms with Crippen LogP contribution in [0.25, 0.3) is 0 Å². The Kier molecular flexibility index (Phi) is 3.14. The molecule has 0 aliphatic rings. The molecule has 0 fully saturated rings. The third-order valence-corrected chi connectivity index (χ3v) is 0.878. The number of rotatable bonds is 1. The summed E-state index contributed by atoms with van der Waals surface area (Å²) in [5.74, 6) is 0. The highest BCUT2D eigenvalue weighted by atomic mass is 35.5. The van der Waals surface area contributed by atoms with Crippen LogP contribution in [-0.2, 0) is 0 Å². The molecule has 0 amide bonds. The molecule has 0 heterocycles. The summed E-state index contributed by atoms with van der Waals surface area (Å²) < 4.78 is 0. The van der Waals surface area contributed by atoms with Crippen LogP contribution in [0.1, 0.15) is 20.8 Å². The van der Waals surface area contributed by atoms with Crippen molar-refractivity contribution in [3.8, 4) is 0 Å². The van der Waals surface area contributed by atoms with Gasteiger partial charge in [0.15, 0.2) is 0 Å². The molecule has 0 N–H and O–H groups in total. The molecule has 0 saturated carbocycles. The van der Waals surface area contributed by atoms with Crippen LogP contribution < -0.4 is 0 Å². The molecule has 1 radical (unpaired) electrons.